The monoisotopic (exact) mass is 475 g/mol. The van der Waals surface area contributed by atoms with Crippen LogP contribution in [0.25, 0.3) is 28.1 Å². The van der Waals surface area contributed by atoms with E-state index in [1.54, 1.807) is 7.11 Å². The molecule has 2 aromatic heterocycles. The molecule has 2 aromatic carbocycles. The Kier molecular flexibility index (Phi) is 6.52. The molecule has 0 fully saturated rings. The zero-order valence-corrected chi connectivity index (χ0v) is 19.3. The number of hydrogen-bond acceptors (Lipinski definition) is 2. The Hall–Kier alpha value is -2.92. The van der Waals surface area contributed by atoms with Crippen molar-refractivity contribution in [1.29, 1.82) is 0 Å². The van der Waals surface area contributed by atoms with E-state index in [1.807, 2.05) is 36.7 Å². The van der Waals surface area contributed by atoms with Crippen molar-refractivity contribution in [1.82, 2.24) is 9.55 Å². The van der Waals surface area contributed by atoms with Crippen molar-refractivity contribution in [3.8, 4) is 33.8 Å². The van der Waals surface area contributed by atoms with E-state index in [-0.39, 0.29) is 17.0 Å². The molecular weight excluding hydrogens is 450 g/mol. The van der Waals surface area contributed by atoms with Crippen LogP contribution in [0.4, 0.5) is 0 Å². The van der Waals surface area contributed by atoms with Crippen LogP contribution in [-0.2, 0) is 13.0 Å². The molecule has 0 unspecified atom stereocenters. The third-order valence-electron chi connectivity index (χ3n) is 5.95. The van der Waals surface area contributed by atoms with E-state index in [2.05, 4.69) is 56.7 Å². The van der Waals surface area contributed by atoms with Crippen molar-refractivity contribution in [3.63, 3.8) is 0 Å². The topological polar surface area (TPSA) is 30.9 Å². The minimum absolute atomic E-state index is 0. The second-order valence-electron chi connectivity index (χ2n) is 7.75. The number of methoxy groups -OCH3 is 1. The van der Waals surface area contributed by atoms with Gasteiger partial charge in [0.05, 0.1) is 13.7 Å². The highest BCUT2D eigenvalue weighted by molar-refractivity contribution is 5.68. The van der Waals surface area contributed by atoms with Gasteiger partial charge in [0.2, 0.25) is 0 Å². The van der Waals surface area contributed by atoms with E-state index < -0.39 is 0 Å². The second-order valence-corrected chi connectivity index (χ2v) is 7.75. The first kappa shape index (κ1) is 21.3. The Morgan fingerprint density at radius 2 is 1.55 bits per heavy atom. The van der Waals surface area contributed by atoms with Crippen molar-refractivity contribution in [2.24, 2.45) is 0 Å². The standard InChI is InChI=1S/C26H26N3O.BrH/c1-30-25-8-5-4-7-23(25)29-19-24(28-18-6-2-3-9-26(28)29)22-12-10-20(11-13-22)21-14-16-27-17-15-21;/h4-5,7-8,10-17,19H,2-3,6,9,18H2,1H3;1H/q+1;/p-1. The van der Waals surface area contributed by atoms with Gasteiger partial charge in [-0.3, -0.25) is 4.98 Å². The molecule has 5 heteroatoms. The predicted octanol–water partition coefficient (Wildman–Crippen LogP) is 2.23. The fraction of sp³-hybridized carbons (Fsp3) is 0.231. The Labute approximate surface area is 193 Å². The van der Waals surface area contributed by atoms with E-state index in [0.717, 1.165) is 24.4 Å². The van der Waals surface area contributed by atoms with Crippen LogP contribution < -0.4 is 26.3 Å². The Morgan fingerprint density at radius 3 is 2.32 bits per heavy atom. The van der Waals surface area contributed by atoms with Gasteiger partial charge in [0.1, 0.15) is 6.20 Å². The van der Waals surface area contributed by atoms with E-state index in [9.17, 15) is 0 Å². The van der Waals surface area contributed by atoms with Crippen LogP contribution in [0.15, 0.2) is 79.3 Å². The van der Waals surface area contributed by atoms with Gasteiger partial charge >= 0.3 is 0 Å². The second kappa shape index (κ2) is 9.48. The van der Waals surface area contributed by atoms with Gasteiger partial charge in [-0.2, -0.15) is 4.57 Å². The first-order chi connectivity index (χ1) is 14.8. The van der Waals surface area contributed by atoms with Gasteiger partial charge in [0, 0.05) is 24.4 Å². The maximum atomic E-state index is 5.67. The zero-order chi connectivity index (χ0) is 20.3. The quantitative estimate of drug-likeness (QED) is 0.423. The Morgan fingerprint density at radius 1 is 0.839 bits per heavy atom. The van der Waals surface area contributed by atoms with Crippen molar-refractivity contribution >= 4 is 0 Å². The zero-order valence-electron chi connectivity index (χ0n) is 17.7. The highest BCUT2D eigenvalue weighted by Gasteiger charge is 2.28. The third-order valence-corrected chi connectivity index (χ3v) is 5.95. The summed E-state index contributed by atoms with van der Waals surface area (Å²) in [6.07, 6.45) is 10.7. The lowest BCUT2D eigenvalue weighted by Gasteiger charge is -2.06. The third kappa shape index (κ3) is 4.15. The summed E-state index contributed by atoms with van der Waals surface area (Å²) in [6, 6.07) is 21.2. The maximum Gasteiger partial charge on any atom is 0.262 e. The molecule has 0 saturated heterocycles. The molecule has 1 aliphatic heterocycles. The van der Waals surface area contributed by atoms with Gasteiger partial charge in [0.15, 0.2) is 17.1 Å². The Bertz CT molecular complexity index is 1150. The van der Waals surface area contributed by atoms with Crippen LogP contribution in [0.5, 0.6) is 5.75 Å². The summed E-state index contributed by atoms with van der Waals surface area (Å²) in [5, 5.41) is 0. The minimum Gasteiger partial charge on any atom is -1.00 e. The number of ether oxygens (including phenoxy) is 1. The number of para-hydroxylation sites is 2. The summed E-state index contributed by atoms with van der Waals surface area (Å²) in [4.78, 5) is 4.12. The van der Waals surface area contributed by atoms with Gasteiger partial charge in [-0.1, -0.05) is 24.3 Å². The largest absolute Gasteiger partial charge is 1.00 e. The summed E-state index contributed by atoms with van der Waals surface area (Å²) in [6.45, 7) is 1.05. The van der Waals surface area contributed by atoms with Crippen LogP contribution in [0.2, 0.25) is 0 Å². The fourth-order valence-corrected chi connectivity index (χ4v) is 4.42. The number of halogens is 1. The minimum atomic E-state index is 0. The highest BCUT2D eigenvalue weighted by Crippen LogP contribution is 2.29. The predicted molar refractivity (Wildman–Crippen MR) is 119 cm³/mol. The Balaban J connectivity index is 0.00000231. The lowest BCUT2D eigenvalue weighted by molar-refractivity contribution is -0.604. The van der Waals surface area contributed by atoms with Crippen molar-refractivity contribution in [2.45, 2.75) is 32.2 Å². The summed E-state index contributed by atoms with van der Waals surface area (Å²) in [5.41, 5.74) is 6.00. The molecule has 31 heavy (non-hydrogen) atoms. The van der Waals surface area contributed by atoms with Crippen molar-refractivity contribution in [3.05, 3.63) is 85.1 Å². The van der Waals surface area contributed by atoms with Gasteiger partial charge < -0.3 is 21.7 Å². The molecule has 1 aliphatic rings. The maximum absolute atomic E-state index is 5.67. The smallest absolute Gasteiger partial charge is 0.262 e. The van der Waals surface area contributed by atoms with E-state index in [4.69, 9.17) is 4.74 Å². The van der Waals surface area contributed by atoms with Gasteiger partial charge in [-0.15, -0.1) is 0 Å². The van der Waals surface area contributed by atoms with Gasteiger partial charge in [-0.25, -0.2) is 4.57 Å². The number of pyridine rings is 1. The molecule has 4 nitrogen and oxygen atoms in total. The molecule has 0 aliphatic carbocycles. The fourth-order valence-electron chi connectivity index (χ4n) is 4.42. The van der Waals surface area contributed by atoms with Crippen molar-refractivity contribution < 1.29 is 26.3 Å². The van der Waals surface area contributed by atoms with Crippen molar-refractivity contribution in [2.75, 3.05) is 7.11 Å². The normalized spacial score (nSPS) is 13.1. The summed E-state index contributed by atoms with van der Waals surface area (Å²) < 4.78 is 10.5. The first-order valence-corrected chi connectivity index (χ1v) is 10.6. The number of hydrogen-bond donors (Lipinski definition) is 0. The molecular formula is C26H26BrN3O. The van der Waals surface area contributed by atoms with Crippen LogP contribution >= 0.6 is 0 Å². The lowest BCUT2D eigenvalue weighted by Crippen LogP contribution is -3.00. The van der Waals surface area contributed by atoms with Crippen LogP contribution in [0.3, 0.4) is 0 Å². The number of fused-ring (bicyclic) bond motifs is 1. The molecule has 4 aromatic rings. The molecule has 0 saturated carbocycles. The SMILES string of the molecule is COc1ccccc1-[n+]1cc(-c2ccc(-c3ccncc3)cc2)n2c1CCCCC2.[Br-]. The summed E-state index contributed by atoms with van der Waals surface area (Å²) in [5.74, 6) is 2.25. The number of aromatic nitrogens is 3. The molecule has 3 heterocycles. The summed E-state index contributed by atoms with van der Waals surface area (Å²) in [7, 11) is 1.74. The van der Waals surface area contributed by atoms with E-state index in [0.29, 0.717) is 0 Å². The van der Waals surface area contributed by atoms with Crippen LogP contribution in [0, 0.1) is 0 Å². The first-order valence-electron chi connectivity index (χ1n) is 10.6. The molecule has 5 rings (SSSR count). The molecule has 0 bridgehead atoms. The van der Waals surface area contributed by atoms with Gasteiger partial charge in [0.25, 0.3) is 5.82 Å². The number of rotatable bonds is 4. The molecule has 0 amide bonds. The highest BCUT2D eigenvalue weighted by atomic mass is 79.9. The molecule has 0 radical (unpaired) electrons. The molecule has 0 N–H and O–H groups in total. The molecule has 0 atom stereocenters. The molecule has 0 spiro atoms. The number of imidazole rings is 1. The van der Waals surface area contributed by atoms with Crippen LogP contribution in [-0.4, -0.2) is 16.7 Å². The summed E-state index contributed by atoms with van der Waals surface area (Å²) >= 11 is 0. The number of benzene rings is 2. The lowest BCUT2D eigenvalue weighted by atomic mass is 10.0. The average molecular weight is 476 g/mol. The van der Waals surface area contributed by atoms with Gasteiger partial charge in [-0.05, 0) is 66.8 Å². The van der Waals surface area contributed by atoms with E-state index >= 15 is 0 Å². The van der Waals surface area contributed by atoms with Crippen LogP contribution in [0.1, 0.15) is 25.1 Å². The molecule has 158 valence electrons. The average Bonchev–Trinajstić information content (AvgIpc) is 3.00. The van der Waals surface area contributed by atoms with E-state index in [1.165, 1.54) is 47.5 Å². The number of nitrogens with zero attached hydrogens (tertiary/aromatic N) is 3.